The number of fused-ring (bicyclic) bond motifs is 1. The third-order valence-corrected chi connectivity index (χ3v) is 5.89. The molecule has 2 heterocycles. The fourth-order valence-corrected chi connectivity index (χ4v) is 4.19. The molecular formula is C28H20ClN3O2. The van der Waals surface area contributed by atoms with Crippen molar-refractivity contribution in [2.45, 2.75) is 13.3 Å². The van der Waals surface area contributed by atoms with Gasteiger partial charge < -0.3 is 10.1 Å². The molecule has 0 saturated carbocycles. The number of aromatic amines is 1. The van der Waals surface area contributed by atoms with Crippen molar-refractivity contribution in [3.63, 3.8) is 0 Å². The summed E-state index contributed by atoms with van der Waals surface area (Å²) in [6.45, 7) is 1.73. The van der Waals surface area contributed by atoms with Crippen molar-refractivity contribution in [2.75, 3.05) is 0 Å². The largest absolute Gasteiger partial charge is 0.507 e. The number of phenols is 1. The quantitative estimate of drug-likeness (QED) is 0.335. The van der Waals surface area contributed by atoms with Gasteiger partial charge in [-0.05, 0) is 48.4 Å². The number of nitrogens with zero attached hydrogens (tertiary/aromatic N) is 2. The molecule has 0 radical (unpaired) electrons. The molecule has 0 unspecified atom stereocenters. The molecule has 0 amide bonds. The Morgan fingerprint density at radius 1 is 1.03 bits per heavy atom. The van der Waals surface area contributed by atoms with Crippen molar-refractivity contribution in [1.82, 2.24) is 14.6 Å². The van der Waals surface area contributed by atoms with Gasteiger partial charge in [-0.2, -0.15) is 9.61 Å². The maximum Gasteiger partial charge on any atom is 0.282 e. The van der Waals surface area contributed by atoms with Crippen molar-refractivity contribution in [2.24, 2.45) is 0 Å². The Balaban J connectivity index is 1.71. The van der Waals surface area contributed by atoms with Gasteiger partial charge in [0.05, 0.1) is 11.3 Å². The van der Waals surface area contributed by atoms with E-state index in [9.17, 15) is 9.90 Å². The second kappa shape index (κ2) is 8.93. The molecule has 0 aliphatic carbocycles. The number of halogens is 1. The number of aromatic hydroxyl groups is 1. The van der Waals surface area contributed by atoms with Crippen LogP contribution in [0, 0.1) is 11.8 Å². The van der Waals surface area contributed by atoms with Crippen LogP contribution in [0.25, 0.3) is 27.9 Å². The maximum atomic E-state index is 13.5. The number of H-pyrrole nitrogens is 1. The van der Waals surface area contributed by atoms with E-state index in [-0.39, 0.29) is 11.3 Å². The van der Waals surface area contributed by atoms with Gasteiger partial charge in [0.25, 0.3) is 5.56 Å². The lowest BCUT2D eigenvalue weighted by Gasteiger charge is -2.07. The molecule has 0 atom stereocenters. The normalized spacial score (nSPS) is 10.8. The Hall–Kier alpha value is -4.27. The van der Waals surface area contributed by atoms with E-state index in [1.165, 1.54) is 4.52 Å². The molecular weight excluding hydrogens is 446 g/mol. The number of nitrogens with one attached hydrogen (secondary N) is 1. The Morgan fingerprint density at radius 2 is 1.79 bits per heavy atom. The van der Waals surface area contributed by atoms with Gasteiger partial charge in [-0.3, -0.25) is 4.79 Å². The summed E-state index contributed by atoms with van der Waals surface area (Å²) in [7, 11) is 0. The van der Waals surface area contributed by atoms with E-state index in [0.29, 0.717) is 33.8 Å². The molecule has 0 fully saturated rings. The van der Waals surface area contributed by atoms with E-state index in [1.807, 2.05) is 54.6 Å². The summed E-state index contributed by atoms with van der Waals surface area (Å²) in [5.74, 6) is 5.69. The minimum atomic E-state index is -0.326. The van der Waals surface area contributed by atoms with Crippen LogP contribution in [0.15, 0.2) is 83.8 Å². The molecule has 2 aromatic heterocycles. The van der Waals surface area contributed by atoms with Crippen LogP contribution in [-0.4, -0.2) is 19.7 Å². The third kappa shape index (κ3) is 3.96. The second-order valence-electron chi connectivity index (χ2n) is 7.87. The summed E-state index contributed by atoms with van der Waals surface area (Å²) in [6.07, 6.45) is 2.17. The topological polar surface area (TPSA) is 70.4 Å². The van der Waals surface area contributed by atoms with E-state index in [4.69, 9.17) is 16.7 Å². The first-order valence-corrected chi connectivity index (χ1v) is 11.1. The zero-order valence-electron chi connectivity index (χ0n) is 18.3. The van der Waals surface area contributed by atoms with Crippen LogP contribution in [0.5, 0.6) is 5.75 Å². The Kier molecular flexibility index (Phi) is 5.67. The average Bonchev–Trinajstić information content (AvgIpc) is 3.20. The highest BCUT2D eigenvalue weighted by molar-refractivity contribution is 6.30. The zero-order valence-corrected chi connectivity index (χ0v) is 19.1. The average molecular weight is 466 g/mol. The second-order valence-corrected chi connectivity index (χ2v) is 8.30. The predicted molar refractivity (Wildman–Crippen MR) is 135 cm³/mol. The van der Waals surface area contributed by atoms with E-state index in [0.717, 1.165) is 22.4 Å². The summed E-state index contributed by atoms with van der Waals surface area (Å²) < 4.78 is 1.37. The molecule has 34 heavy (non-hydrogen) atoms. The molecule has 0 spiro atoms. The van der Waals surface area contributed by atoms with Crippen molar-refractivity contribution < 1.29 is 5.11 Å². The minimum Gasteiger partial charge on any atom is -0.507 e. The van der Waals surface area contributed by atoms with Crippen LogP contribution in [0.3, 0.4) is 0 Å². The maximum absolute atomic E-state index is 13.5. The standard InChI is InChI=1S/C28H20ClN3O2/c1-2-6-18-9-14-22(25(33)16-18)23-17-30-27-26(20-10-12-21(29)13-11-20)24(31-32(27)28(23)34)15-19-7-4-3-5-8-19/h3-5,7-14,16-17,30,33H,15H2,1H3. The van der Waals surface area contributed by atoms with Gasteiger partial charge in [-0.25, -0.2) is 0 Å². The minimum absolute atomic E-state index is 0.0142. The zero-order chi connectivity index (χ0) is 23.7. The SMILES string of the molecule is CC#Cc1ccc(-c2c[nH]c3c(-c4ccc(Cl)cc4)c(Cc4ccccc4)nn3c2=O)c(O)c1. The van der Waals surface area contributed by atoms with E-state index in [1.54, 1.807) is 31.3 Å². The summed E-state index contributed by atoms with van der Waals surface area (Å²) in [4.78, 5) is 16.8. The lowest BCUT2D eigenvalue weighted by molar-refractivity contribution is 0.477. The monoisotopic (exact) mass is 465 g/mol. The number of benzene rings is 3. The van der Waals surface area contributed by atoms with Crippen molar-refractivity contribution in [3.05, 3.63) is 111 Å². The van der Waals surface area contributed by atoms with Gasteiger partial charge in [0.2, 0.25) is 0 Å². The molecule has 5 aromatic rings. The highest BCUT2D eigenvalue weighted by Gasteiger charge is 2.20. The Morgan fingerprint density at radius 3 is 2.50 bits per heavy atom. The van der Waals surface area contributed by atoms with E-state index in [2.05, 4.69) is 16.8 Å². The van der Waals surface area contributed by atoms with Gasteiger partial charge in [0.1, 0.15) is 11.4 Å². The van der Waals surface area contributed by atoms with E-state index < -0.39 is 0 Å². The summed E-state index contributed by atoms with van der Waals surface area (Å²) in [5.41, 5.74) is 5.24. The van der Waals surface area contributed by atoms with Crippen LogP contribution in [0.2, 0.25) is 5.02 Å². The van der Waals surface area contributed by atoms with Gasteiger partial charge >= 0.3 is 0 Å². The number of hydrogen-bond acceptors (Lipinski definition) is 3. The van der Waals surface area contributed by atoms with Crippen molar-refractivity contribution in [3.8, 4) is 39.8 Å². The van der Waals surface area contributed by atoms with Gasteiger partial charge in [0.15, 0.2) is 0 Å². The molecule has 0 bridgehead atoms. The summed E-state index contributed by atoms with van der Waals surface area (Å²) in [6, 6.07) is 22.5. The number of phenolic OH excluding ortho intramolecular Hbond substituents is 1. The highest BCUT2D eigenvalue weighted by atomic mass is 35.5. The number of hydrogen-bond donors (Lipinski definition) is 2. The van der Waals surface area contributed by atoms with Crippen LogP contribution in [0.1, 0.15) is 23.7 Å². The van der Waals surface area contributed by atoms with Crippen molar-refractivity contribution in [1.29, 1.82) is 0 Å². The van der Waals surface area contributed by atoms with Crippen LogP contribution in [0.4, 0.5) is 0 Å². The summed E-state index contributed by atoms with van der Waals surface area (Å²) in [5, 5.41) is 15.9. The predicted octanol–water partition coefficient (Wildman–Crippen LogP) is 5.68. The first-order valence-electron chi connectivity index (χ1n) is 10.7. The lowest BCUT2D eigenvalue weighted by atomic mass is 10.0. The fourth-order valence-electron chi connectivity index (χ4n) is 4.07. The molecule has 5 rings (SSSR count). The molecule has 3 aromatic carbocycles. The van der Waals surface area contributed by atoms with Crippen LogP contribution < -0.4 is 5.56 Å². The Bertz CT molecular complexity index is 1620. The molecule has 0 aliphatic rings. The third-order valence-electron chi connectivity index (χ3n) is 5.64. The molecule has 5 nitrogen and oxygen atoms in total. The van der Waals surface area contributed by atoms with E-state index >= 15 is 0 Å². The van der Waals surface area contributed by atoms with Gasteiger partial charge in [0, 0.05) is 34.3 Å². The van der Waals surface area contributed by atoms with Gasteiger partial charge in [-0.15, -0.1) is 5.92 Å². The smallest absolute Gasteiger partial charge is 0.282 e. The first kappa shape index (κ1) is 21.6. The van der Waals surface area contributed by atoms with Crippen molar-refractivity contribution >= 4 is 17.2 Å². The highest BCUT2D eigenvalue weighted by Crippen LogP contribution is 2.32. The lowest BCUT2D eigenvalue weighted by Crippen LogP contribution is -2.17. The molecule has 6 heteroatoms. The van der Waals surface area contributed by atoms with Crippen LogP contribution in [-0.2, 0) is 6.42 Å². The molecule has 0 saturated heterocycles. The Labute approximate surface area is 201 Å². The first-order chi connectivity index (χ1) is 16.5. The van der Waals surface area contributed by atoms with Crippen LogP contribution >= 0.6 is 11.6 Å². The molecule has 166 valence electrons. The summed E-state index contributed by atoms with van der Waals surface area (Å²) >= 11 is 6.11. The van der Waals surface area contributed by atoms with Gasteiger partial charge in [-0.1, -0.05) is 60.0 Å². The molecule has 2 N–H and O–H groups in total. The molecule has 0 aliphatic heterocycles. The fraction of sp³-hybridized carbons (Fsp3) is 0.0714. The number of rotatable bonds is 4. The number of aromatic nitrogens is 3.